The third kappa shape index (κ3) is 3.93. The van der Waals surface area contributed by atoms with E-state index in [1.807, 2.05) is 61.7 Å². The van der Waals surface area contributed by atoms with Gasteiger partial charge in [-0.2, -0.15) is 0 Å². The van der Waals surface area contributed by atoms with Gasteiger partial charge in [0.05, 0.1) is 16.8 Å². The van der Waals surface area contributed by atoms with E-state index in [1.165, 1.54) is 0 Å². The van der Waals surface area contributed by atoms with Gasteiger partial charge in [-0.1, -0.05) is 32.0 Å². The van der Waals surface area contributed by atoms with Crippen LogP contribution in [0.15, 0.2) is 51.4 Å². The molecule has 0 bridgehead atoms. The summed E-state index contributed by atoms with van der Waals surface area (Å²) in [5.74, 6) is 1.24. The lowest BCUT2D eigenvalue weighted by Crippen LogP contribution is -2.16. The number of anilines is 1. The Hall–Kier alpha value is -3.06. The Morgan fingerprint density at radius 3 is 2.62 bits per heavy atom. The van der Waals surface area contributed by atoms with Crippen molar-refractivity contribution in [1.82, 2.24) is 9.55 Å². The number of para-hydroxylation sites is 1. The third-order valence-electron chi connectivity index (χ3n) is 5.48. The fourth-order valence-corrected chi connectivity index (χ4v) is 4.55. The van der Waals surface area contributed by atoms with E-state index in [1.54, 1.807) is 0 Å². The van der Waals surface area contributed by atoms with Crippen LogP contribution in [0.2, 0.25) is 0 Å². The van der Waals surface area contributed by atoms with Crippen molar-refractivity contribution in [3.05, 3.63) is 69.7 Å². The average Bonchev–Trinajstić information content (AvgIpc) is 3.31. The smallest absolute Gasteiger partial charge is 0.356 e. The van der Waals surface area contributed by atoms with Crippen LogP contribution in [-0.4, -0.2) is 22.1 Å². The summed E-state index contributed by atoms with van der Waals surface area (Å²) in [6, 6.07) is 13.7. The summed E-state index contributed by atoms with van der Waals surface area (Å²) in [5, 5.41) is 0.951. The molecule has 2 aromatic heterocycles. The maximum Gasteiger partial charge on any atom is 0.356 e. The number of benzene rings is 2. The number of aryl methyl sites for hydroxylation is 2. The second-order valence-electron chi connectivity index (χ2n) is 7.50. The van der Waals surface area contributed by atoms with Crippen molar-refractivity contribution >= 4 is 38.6 Å². The molecule has 2 heterocycles. The lowest BCUT2D eigenvalue weighted by atomic mass is 10.1. The molecule has 0 radical (unpaired) electrons. The number of aromatic nitrogens is 2. The molecular weight excluding hydrogens is 470 g/mol. The molecule has 7 heteroatoms. The molecule has 2 aromatic carbocycles. The molecule has 32 heavy (non-hydrogen) atoms. The Balaban J connectivity index is 1.78. The van der Waals surface area contributed by atoms with Crippen LogP contribution in [-0.2, 0) is 24.1 Å². The predicted molar refractivity (Wildman–Crippen MR) is 130 cm³/mol. The first-order valence-electron chi connectivity index (χ1n) is 10.8. The summed E-state index contributed by atoms with van der Waals surface area (Å²) in [6.07, 6.45) is 1.39. The minimum Gasteiger partial charge on any atom is -0.461 e. The quantitative estimate of drug-likeness (QED) is 0.251. The number of imidazole rings is 1. The average molecular weight is 496 g/mol. The van der Waals surface area contributed by atoms with E-state index in [0.717, 1.165) is 44.5 Å². The molecule has 0 fully saturated rings. The van der Waals surface area contributed by atoms with E-state index in [0.29, 0.717) is 36.7 Å². The number of nitrogens with zero attached hydrogens (tertiary/aromatic N) is 2. The molecule has 0 atom stereocenters. The molecule has 4 rings (SSSR count). The number of hydrogen-bond acceptors (Lipinski definition) is 5. The maximum absolute atomic E-state index is 12.7. The first-order chi connectivity index (χ1) is 15.5. The highest BCUT2D eigenvalue weighted by atomic mass is 79.9. The van der Waals surface area contributed by atoms with Crippen molar-refractivity contribution in [3.8, 4) is 11.3 Å². The van der Waals surface area contributed by atoms with Crippen molar-refractivity contribution in [2.45, 2.75) is 40.2 Å². The molecule has 0 spiro atoms. The summed E-state index contributed by atoms with van der Waals surface area (Å²) >= 11 is 3.70. The van der Waals surface area contributed by atoms with E-state index in [4.69, 9.17) is 19.9 Å². The third-order valence-corrected chi connectivity index (χ3v) is 6.26. The van der Waals surface area contributed by atoms with Crippen molar-refractivity contribution in [3.63, 3.8) is 0 Å². The molecule has 6 nitrogen and oxygen atoms in total. The molecule has 0 amide bonds. The van der Waals surface area contributed by atoms with Crippen LogP contribution in [0.3, 0.4) is 0 Å². The first-order valence-corrected chi connectivity index (χ1v) is 11.6. The van der Waals surface area contributed by atoms with Gasteiger partial charge >= 0.3 is 5.97 Å². The van der Waals surface area contributed by atoms with Gasteiger partial charge in [-0.05, 0) is 59.1 Å². The van der Waals surface area contributed by atoms with Gasteiger partial charge in [-0.25, -0.2) is 9.78 Å². The SMILES string of the molecule is CCOC(=O)c1c(CC)nc(CC)n1Cc1ccc2oc(-c3ccccc3N)c(Br)c2c1. The minimum atomic E-state index is -0.330. The normalized spacial score (nSPS) is 11.2. The van der Waals surface area contributed by atoms with Crippen molar-refractivity contribution < 1.29 is 13.9 Å². The highest BCUT2D eigenvalue weighted by molar-refractivity contribution is 9.10. The number of furan rings is 1. The van der Waals surface area contributed by atoms with Crippen LogP contribution in [0, 0.1) is 0 Å². The molecule has 0 saturated heterocycles. The number of ether oxygens (including phenoxy) is 1. The van der Waals surface area contributed by atoms with Gasteiger partial charge in [0.2, 0.25) is 0 Å². The van der Waals surface area contributed by atoms with Gasteiger partial charge < -0.3 is 19.5 Å². The van der Waals surface area contributed by atoms with Gasteiger partial charge in [-0.3, -0.25) is 0 Å². The Labute approximate surface area is 195 Å². The lowest BCUT2D eigenvalue weighted by molar-refractivity contribution is 0.0512. The van der Waals surface area contributed by atoms with Gasteiger partial charge in [0.25, 0.3) is 0 Å². The molecule has 166 valence electrons. The number of nitrogen functional groups attached to an aromatic ring is 1. The number of esters is 1. The topological polar surface area (TPSA) is 83.3 Å². The number of nitrogens with two attached hydrogens (primary N) is 1. The van der Waals surface area contributed by atoms with Gasteiger partial charge in [0.15, 0.2) is 11.5 Å². The number of hydrogen-bond donors (Lipinski definition) is 1. The summed E-state index contributed by atoms with van der Waals surface area (Å²) in [5.41, 5.74) is 10.8. The van der Waals surface area contributed by atoms with Crippen molar-refractivity contribution in [1.29, 1.82) is 0 Å². The molecule has 4 aromatic rings. The molecule has 0 aliphatic heterocycles. The molecular formula is C25H26BrN3O3. The van der Waals surface area contributed by atoms with E-state index < -0.39 is 0 Å². The minimum absolute atomic E-state index is 0.327. The molecule has 0 saturated carbocycles. The number of fused-ring (bicyclic) bond motifs is 1. The molecule has 0 aliphatic rings. The van der Waals surface area contributed by atoms with Crippen LogP contribution in [0.25, 0.3) is 22.3 Å². The predicted octanol–water partition coefficient (Wildman–Crippen LogP) is 5.99. The Bertz CT molecular complexity index is 1290. The van der Waals surface area contributed by atoms with Crippen molar-refractivity contribution in [2.24, 2.45) is 0 Å². The molecule has 2 N–H and O–H groups in total. The van der Waals surface area contributed by atoms with Crippen LogP contribution in [0.5, 0.6) is 0 Å². The summed E-state index contributed by atoms with van der Waals surface area (Å²) in [4.78, 5) is 17.4. The standard InChI is InChI=1S/C25H26BrN3O3/c1-4-19-23(25(30)31-6-3)29(21(5-2)28-19)14-15-11-12-20-17(13-15)22(26)24(32-20)16-9-7-8-10-18(16)27/h7-13H,4-6,14,27H2,1-3H3. The van der Waals surface area contributed by atoms with Gasteiger partial charge in [0.1, 0.15) is 11.4 Å². The number of halogens is 1. The molecule has 0 aliphatic carbocycles. The van der Waals surface area contributed by atoms with E-state index in [2.05, 4.69) is 22.0 Å². The van der Waals surface area contributed by atoms with E-state index in [9.17, 15) is 4.79 Å². The highest BCUT2D eigenvalue weighted by Crippen LogP contribution is 2.40. The Morgan fingerprint density at radius 1 is 1.16 bits per heavy atom. The van der Waals surface area contributed by atoms with Gasteiger partial charge in [0, 0.05) is 29.6 Å². The fraction of sp³-hybridized carbons (Fsp3) is 0.280. The van der Waals surface area contributed by atoms with Crippen LogP contribution >= 0.6 is 15.9 Å². The first kappa shape index (κ1) is 22.1. The van der Waals surface area contributed by atoms with Crippen LogP contribution in [0.4, 0.5) is 5.69 Å². The van der Waals surface area contributed by atoms with Crippen LogP contribution < -0.4 is 5.73 Å². The fourth-order valence-electron chi connectivity index (χ4n) is 3.94. The van der Waals surface area contributed by atoms with E-state index >= 15 is 0 Å². The summed E-state index contributed by atoms with van der Waals surface area (Å²) in [6.45, 7) is 6.70. The zero-order chi connectivity index (χ0) is 22.8. The summed E-state index contributed by atoms with van der Waals surface area (Å²) in [7, 11) is 0. The Morgan fingerprint density at radius 2 is 1.94 bits per heavy atom. The second-order valence-corrected chi connectivity index (χ2v) is 8.29. The number of rotatable bonds is 7. The van der Waals surface area contributed by atoms with Gasteiger partial charge in [-0.15, -0.1) is 0 Å². The second kappa shape index (κ2) is 9.20. The number of carbonyl (C=O) groups is 1. The van der Waals surface area contributed by atoms with Crippen LogP contribution in [0.1, 0.15) is 48.3 Å². The van der Waals surface area contributed by atoms with E-state index in [-0.39, 0.29) is 5.97 Å². The molecule has 0 unspecified atom stereocenters. The maximum atomic E-state index is 12.7. The lowest BCUT2D eigenvalue weighted by Gasteiger charge is -2.12. The highest BCUT2D eigenvalue weighted by Gasteiger charge is 2.23. The zero-order valence-electron chi connectivity index (χ0n) is 18.4. The van der Waals surface area contributed by atoms with Crippen molar-refractivity contribution in [2.75, 3.05) is 12.3 Å². The zero-order valence-corrected chi connectivity index (χ0v) is 20.0. The largest absolute Gasteiger partial charge is 0.461 e. The summed E-state index contributed by atoms with van der Waals surface area (Å²) < 4.78 is 14.3. The monoisotopic (exact) mass is 495 g/mol. The number of carbonyl (C=O) groups excluding carboxylic acids is 1. The Kier molecular flexibility index (Phi) is 6.37.